The molecule has 7 amide bonds. The fraction of sp³-hybridized carbons (Fsp3) is 0.467. The minimum Gasteiger partial charge on any atom is -0.408 e. The zero-order valence-corrected chi connectivity index (χ0v) is 97.9. The van der Waals surface area contributed by atoms with Crippen LogP contribution >= 0.6 is 0 Å². The summed E-state index contributed by atoms with van der Waals surface area (Å²) in [6, 6.07) is 39.0. The van der Waals surface area contributed by atoms with Crippen molar-refractivity contribution in [2.75, 3.05) is 10.0 Å². The van der Waals surface area contributed by atoms with E-state index in [4.69, 9.17) is 8.92 Å². The number of carbonyl (C=O) groups excluding carboxylic acids is 6. The largest absolute Gasteiger partial charge is 0.429 e. The van der Waals surface area contributed by atoms with Crippen molar-refractivity contribution in [2.24, 2.45) is 4.99 Å². The first-order valence-electron chi connectivity index (χ1n) is 49.9. The first-order valence-corrected chi connectivity index (χ1v) is 61.5. The van der Waals surface area contributed by atoms with Crippen LogP contribution < -0.4 is 19.0 Å². The van der Waals surface area contributed by atoms with Crippen molar-refractivity contribution in [1.82, 2.24) is 34.4 Å². The number of aliphatic imine (C=N–C) groups is 1. The topological polar surface area (TPSA) is 456 Å². The van der Waals surface area contributed by atoms with Crippen LogP contribution in [-0.4, -0.2) is 192 Å². The number of hydrogen-bond acceptors (Lipinski definition) is 25. The molecule has 8 heterocycles. The van der Waals surface area contributed by atoms with Crippen LogP contribution in [0.4, 0.5) is 26.7 Å². The molecule has 0 unspecified atom stereocenters. The third kappa shape index (κ3) is 26.5. The van der Waals surface area contributed by atoms with E-state index in [1.807, 2.05) is 179 Å². The highest BCUT2D eigenvalue weighted by Gasteiger charge is 2.46. The molecule has 0 atom stereocenters. The Balaban J connectivity index is 0.000000190. The molecule has 8 aliphatic rings. The molecule has 0 aliphatic carbocycles. The van der Waals surface area contributed by atoms with Crippen molar-refractivity contribution in [3.63, 3.8) is 0 Å². The highest BCUT2D eigenvalue weighted by Crippen LogP contribution is 2.43. The Hall–Kier alpha value is -11.6. The van der Waals surface area contributed by atoms with Crippen molar-refractivity contribution in [3.05, 3.63) is 230 Å². The van der Waals surface area contributed by atoms with Crippen LogP contribution in [-0.2, 0) is 97.6 Å². The Kier molecular flexibility index (Phi) is 38.5. The van der Waals surface area contributed by atoms with E-state index < -0.39 is 135 Å². The number of carbonyl (C=O) groups is 6. The van der Waals surface area contributed by atoms with E-state index in [0.29, 0.717) is 72.4 Å². The molecule has 8 aromatic carbocycles. The van der Waals surface area contributed by atoms with Crippen LogP contribution in [0.1, 0.15) is 361 Å². The summed E-state index contributed by atoms with van der Waals surface area (Å²) < 4.78 is 217. The number of ether oxygens (including phenoxy) is 1. The average molecular weight is 2230 g/mol. The van der Waals surface area contributed by atoms with Gasteiger partial charge in [-0.1, -0.05) is 178 Å². The Bertz CT molecular complexity index is 6890. The zero-order chi connectivity index (χ0) is 113. The second-order valence-electron chi connectivity index (χ2n) is 42.0. The lowest BCUT2D eigenvalue weighted by atomic mass is 9.97. The van der Waals surface area contributed by atoms with Gasteiger partial charge in [0.15, 0.2) is 11.5 Å². The van der Waals surface area contributed by atoms with Gasteiger partial charge in [0, 0.05) is 60.1 Å². The molecular weight excluding hydrogens is 2080 g/mol. The van der Waals surface area contributed by atoms with Crippen molar-refractivity contribution in [2.45, 2.75) is 354 Å². The SMILES string of the molecule is CC(C)c1ccc2c(c1)C(=O)N(C(C)C)S(=O)(=O)C2.CC(C)c1ccc2c(c1)C(=O)N(C(C)C)S(=O)(=O)N2.CC(C)c1ccc2c(c1)C(=O)N(C(C)C)S(=O)(=O)O2.CC(C)c1ccc2c(c1)S(=O)(=O)N(C(C)C)C(=O)C2.CC(C)c1ccc2c(c1)S(=O)(=O)N(C(C)C)C(=O)N2.CC(C)c1ccc2c(c1)S(=O)(=O)N(C(C)C)C(=O)O2.CC(C)c1ccc2c(c1)S(=O)(=O)N(C(C)C)C=C2.CC(C)c1ccc2c(c1)S(=O)(=O)N(C(C)C)C=N2. The zero-order valence-electron chi connectivity index (χ0n) is 91.3. The predicted molar refractivity (Wildman–Crippen MR) is 585 cm³/mol. The Labute approximate surface area is 888 Å². The fourth-order valence-electron chi connectivity index (χ4n) is 16.9. The van der Waals surface area contributed by atoms with Crippen LogP contribution in [0.25, 0.3) is 6.08 Å². The fourth-order valence-corrected chi connectivity index (χ4v) is 30.0. The molecule has 2 N–H and O–H groups in total. The molecule has 0 saturated carbocycles. The van der Waals surface area contributed by atoms with Crippen LogP contribution in [0.5, 0.6) is 11.5 Å². The molecule has 43 heteroatoms. The third-order valence-corrected chi connectivity index (χ3v) is 40.0. The maximum absolute atomic E-state index is 12.5. The van der Waals surface area contributed by atoms with Gasteiger partial charge in [-0.15, -0.1) is 0 Å². The molecule has 0 radical (unpaired) electrons. The minimum atomic E-state index is -4.03. The molecule has 150 heavy (non-hydrogen) atoms. The summed E-state index contributed by atoms with van der Waals surface area (Å²) in [5.74, 6) is 0.512. The maximum atomic E-state index is 12.5. The van der Waals surface area contributed by atoms with Gasteiger partial charge >= 0.3 is 32.6 Å². The van der Waals surface area contributed by atoms with E-state index in [1.54, 1.807) is 174 Å². The number of rotatable bonds is 16. The summed E-state index contributed by atoms with van der Waals surface area (Å²) >= 11 is 0. The summed E-state index contributed by atoms with van der Waals surface area (Å²) in [5.41, 5.74) is 12.3. The molecule has 0 bridgehead atoms. The first kappa shape index (κ1) is 122. The molecule has 0 aromatic heterocycles. The number of fused-ring (bicyclic) bond motifs is 8. The molecule has 820 valence electrons. The number of nitrogens with one attached hydrogen (secondary N) is 2. The third-order valence-electron chi connectivity index (χ3n) is 25.1. The molecule has 0 fully saturated rings. The van der Waals surface area contributed by atoms with Gasteiger partial charge in [-0.25, -0.2) is 82.3 Å². The molecule has 8 aliphatic heterocycles. The quantitative estimate of drug-likeness (QED) is 0.0907. The van der Waals surface area contributed by atoms with Gasteiger partial charge in [-0.3, -0.25) is 32.5 Å². The molecule has 0 spiro atoms. The molecule has 35 nitrogen and oxygen atoms in total. The maximum Gasteiger partial charge on any atom is 0.429 e. The van der Waals surface area contributed by atoms with E-state index in [1.165, 1.54) is 27.1 Å². The number of anilines is 2. The van der Waals surface area contributed by atoms with Crippen molar-refractivity contribution in [1.29, 1.82) is 0 Å². The second kappa shape index (κ2) is 47.3. The van der Waals surface area contributed by atoms with Crippen LogP contribution in [0, 0.1) is 0 Å². The lowest BCUT2D eigenvalue weighted by molar-refractivity contribution is -0.127. The predicted octanol–water partition coefficient (Wildman–Crippen LogP) is 21.0. The normalized spacial score (nSPS) is 17.6. The average Bonchev–Trinajstić information content (AvgIpc) is 0.745. The summed E-state index contributed by atoms with van der Waals surface area (Å²) in [6.07, 6.45) is 4.22. The Morgan fingerprint density at radius 3 is 1.15 bits per heavy atom. The van der Waals surface area contributed by atoms with E-state index in [0.717, 1.165) is 75.9 Å². The number of sulfonamides is 6. The lowest BCUT2D eigenvalue weighted by Crippen LogP contribution is -2.48. The first-order chi connectivity index (χ1) is 69.1. The van der Waals surface area contributed by atoms with Gasteiger partial charge in [0.05, 0.1) is 50.2 Å². The number of nitrogens with zero attached hydrogens (tertiary/aromatic N) is 9. The molecular formula is C107H145N11O24S8. The standard InChI is InChI=1S/2C14H19NO3S.C14H19NO2S.2C13H18N2O3S.C13H18N2O2S.2C13H17NO4S/c1-9(2)11-5-6-12-8-19(17,18)15(10(3)4)14(16)13(12)7-11;1-9(2)11-5-6-12-8-14(16)15(10(3)4)19(17,18)13(12)7-11;1-10(2)13-6-5-12-7-8-15(11(3)4)18(16,17)14(12)9-13;1-8(2)10-5-6-12-11(7-10)13(16)15(9(3)4)19(17,18)14-12;1-8(2)10-5-6-11-12(7-10)19(17,18)15(9(3)4)13(16)14-11;1-9(2)11-5-6-12-13(7-11)18(16,17)15(8-14-12)10(3)4;1-8(2)10-5-6-12-11(7-10)13(15)14(9(3)4)19(16,17)18-12;1-8(2)10-5-6-11-12(7-10)19(16,17)14(9(3)4)13(15)18-11/h2*5-7,9-10H,8H2,1-4H3;5-11H,1-4H3;5-9,14H,1-4H3;5-9H,1-4H3,(H,14,16);5-10H,1-4H3;2*5-9H,1-4H3. The molecule has 8 aromatic rings. The van der Waals surface area contributed by atoms with Gasteiger partial charge < -0.3 is 14.2 Å². The summed E-state index contributed by atoms with van der Waals surface area (Å²) in [7, 11) is -29.5. The molecule has 16 rings (SSSR count). The van der Waals surface area contributed by atoms with Crippen molar-refractivity contribution < 1.29 is 105 Å². The lowest BCUT2D eigenvalue weighted by Gasteiger charge is -2.32. The monoisotopic (exact) mass is 2220 g/mol. The van der Waals surface area contributed by atoms with E-state index in [-0.39, 0.29) is 98.0 Å². The Morgan fingerprint density at radius 1 is 0.307 bits per heavy atom. The summed E-state index contributed by atoms with van der Waals surface area (Å²) in [4.78, 5) is 78.1. The highest BCUT2D eigenvalue weighted by atomic mass is 32.2. The number of benzene rings is 8. The van der Waals surface area contributed by atoms with E-state index >= 15 is 0 Å². The minimum absolute atomic E-state index is 0.0620. The molecule has 0 saturated heterocycles. The van der Waals surface area contributed by atoms with Crippen LogP contribution in [0.3, 0.4) is 0 Å². The second-order valence-corrected chi connectivity index (χ2v) is 55.8. The summed E-state index contributed by atoms with van der Waals surface area (Å²) in [5, 5.41) is 2.62. The number of amides is 7. The van der Waals surface area contributed by atoms with Crippen molar-refractivity contribution >= 4 is 146 Å². The number of hydrogen-bond donors (Lipinski definition) is 2. The van der Waals surface area contributed by atoms with Gasteiger partial charge in [-0.2, -0.15) is 25.4 Å². The smallest absolute Gasteiger partial charge is 0.408 e. The number of urea groups is 1. The van der Waals surface area contributed by atoms with E-state index in [9.17, 15) is 96.1 Å². The van der Waals surface area contributed by atoms with Crippen molar-refractivity contribution in [3.8, 4) is 11.5 Å². The Morgan fingerprint density at radius 2 is 0.673 bits per heavy atom. The van der Waals surface area contributed by atoms with Crippen LogP contribution in [0.15, 0.2) is 181 Å². The van der Waals surface area contributed by atoms with Gasteiger partial charge in [0.1, 0.15) is 21.0 Å². The van der Waals surface area contributed by atoms with Crippen LogP contribution in [0.2, 0.25) is 0 Å². The summed E-state index contributed by atoms with van der Waals surface area (Å²) in [6.45, 7) is 59.9. The van der Waals surface area contributed by atoms with Gasteiger partial charge in [-0.05, 0) is 304 Å². The van der Waals surface area contributed by atoms with E-state index in [2.05, 4.69) is 28.9 Å². The highest BCUT2D eigenvalue weighted by molar-refractivity contribution is 7.92. The van der Waals surface area contributed by atoms with Gasteiger partial charge in [0.2, 0.25) is 15.9 Å². The van der Waals surface area contributed by atoms with Gasteiger partial charge in [0.25, 0.3) is 67.8 Å².